The molecular weight excluding hydrogens is 403 g/mol. The Morgan fingerprint density at radius 2 is 1.63 bits per heavy atom. The van der Waals surface area contributed by atoms with E-state index in [1.807, 2.05) is 0 Å². The molecule has 0 saturated carbocycles. The van der Waals surface area contributed by atoms with Crippen LogP contribution in [0, 0.1) is 0 Å². The summed E-state index contributed by atoms with van der Waals surface area (Å²) in [4.78, 5) is 10.3. The van der Waals surface area contributed by atoms with Crippen LogP contribution in [0.1, 0.15) is 0 Å². The number of hydrogen-bond acceptors (Lipinski definition) is 13. The first-order valence-electron chi connectivity index (χ1n) is 7.63. The third kappa shape index (κ3) is 5.36. The number of carboxylic acid groups (broad SMARTS) is 1. The normalized spacial score (nSPS) is 44.6. The number of hydrogen-bond donors (Lipinski definition) is 7. The van der Waals surface area contributed by atoms with Gasteiger partial charge in [0.05, 0.1) is 13.2 Å². The minimum atomic E-state index is -2.32. The van der Waals surface area contributed by atoms with Crippen LogP contribution in [0.15, 0.2) is 0 Å². The van der Waals surface area contributed by atoms with Gasteiger partial charge in [-0.2, -0.15) is 0 Å². The van der Waals surface area contributed by atoms with Crippen LogP contribution in [0.2, 0.25) is 0 Å². The summed E-state index contributed by atoms with van der Waals surface area (Å²) < 4.78 is 19.6. The maximum Gasteiger partial charge on any atom is 1.00 e. The van der Waals surface area contributed by atoms with Gasteiger partial charge in [-0.1, -0.05) is 0 Å². The van der Waals surface area contributed by atoms with Crippen LogP contribution >= 0.6 is 0 Å². The van der Waals surface area contributed by atoms with Crippen LogP contribution in [0.4, 0.5) is 4.79 Å². The summed E-state index contributed by atoms with van der Waals surface area (Å²) in [6.45, 7) is -2.53. The Hall–Kier alpha value is 0.506. The summed E-state index contributed by atoms with van der Waals surface area (Å²) in [6.07, 6.45) is -15.5. The molecule has 13 nitrogen and oxygen atoms in total. The Morgan fingerprint density at radius 3 is 2.11 bits per heavy atom. The van der Waals surface area contributed by atoms with Crippen LogP contribution in [0.25, 0.3) is 0 Å². The van der Waals surface area contributed by atoms with Gasteiger partial charge < -0.3 is 64.6 Å². The topological polar surface area (TPSA) is 219 Å². The fourth-order valence-electron chi connectivity index (χ4n) is 2.77. The van der Waals surface area contributed by atoms with Crippen molar-refractivity contribution in [1.29, 1.82) is 0 Å². The van der Waals surface area contributed by atoms with Crippen molar-refractivity contribution in [3.63, 3.8) is 0 Å². The van der Waals surface area contributed by atoms with Crippen LogP contribution in [-0.4, -0.2) is 117 Å². The van der Waals surface area contributed by atoms with Crippen molar-refractivity contribution < 1.29 is 116 Å². The first-order valence-corrected chi connectivity index (χ1v) is 7.63. The third-order valence-corrected chi connectivity index (χ3v) is 4.26. The molecule has 2 rings (SSSR count). The van der Waals surface area contributed by atoms with Gasteiger partial charge in [-0.3, -0.25) is 0 Å². The summed E-state index contributed by atoms with van der Waals surface area (Å²) in [5, 5.41) is 78.5. The number of aliphatic hydroxyl groups is 7. The molecule has 152 valence electrons. The van der Waals surface area contributed by atoms with E-state index in [1.54, 1.807) is 0 Å². The molecule has 2 saturated heterocycles. The van der Waals surface area contributed by atoms with E-state index in [9.17, 15) is 40.5 Å². The van der Waals surface area contributed by atoms with E-state index in [4.69, 9.17) is 19.3 Å². The van der Waals surface area contributed by atoms with E-state index in [2.05, 4.69) is 4.74 Å². The summed E-state index contributed by atoms with van der Waals surface area (Å²) in [7, 11) is 0. The molecule has 0 bridgehead atoms. The minimum absolute atomic E-state index is 0. The largest absolute Gasteiger partial charge is 1.00 e. The molecule has 0 aliphatic carbocycles. The fourth-order valence-corrected chi connectivity index (χ4v) is 2.77. The Bertz CT molecular complexity index is 495. The van der Waals surface area contributed by atoms with Gasteiger partial charge in [-0.05, 0) is 0 Å². The van der Waals surface area contributed by atoms with Crippen LogP contribution in [0.5, 0.6) is 0 Å². The SMILES string of the molecule is O=C([O-])OC[C@H]1O[C@H](O[C@]2(CO)O[C@H](CO)[C@@H](O)[C@@H]2O)[C@H](O)[C@@H](O)[C@@H]1O.[K+]. The van der Waals surface area contributed by atoms with E-state index in [0.717, 1.165) is 0 Å². The molecule has 7 N–H and O–H groups in total. The van der Waals surface area contributed by atoms with Crippen molar-refractivity contribution in [3.8, 4) is 0 Å². The molecule has 9 atom stereocenters. The average molecular weight is 424 g/mol. The minimum Gasteiger partial charge on any atom is -0.547 e. The van der Waals surface area contributed by atoms with E-state index >= 15 is 0 Å². The number of rotatable bonds is 6. The predicted molar refractivity (Wildman–Crippen MR) is 72.9 cm³/mol. The van der Waals surface area contributed by atoms with Gasteiger partial charge in [0.15, 0.2) is 6.29 Å². The second-order valence-electron chi connectivity index (χ2n) is 5.94. The summed E-state index contributed by atoms with van der Waals surface area (Å²) in [6, 6.07) is 0. The van der Waals surface area contributed by atoms with E-state index in [0.29, 0.717) is 0 Å². The molecular formula is C13H21KO13. The van der Waals surface area contributed by atoms with Gasteiger partial charge >= 0.3 is 51.4 Å². The third-order valence-electron chi connectivity index (χ3n) is 4.26. The molecule has 0 amide bonds. The zero-order chi connectivity index (χ0) is 19.6. The zero-order valence-electron chi connectivity index (χ0n) is 14.3. The number of aliphatic hydroxyl groups excluding tert-OH is 7. The number of carbonyl (C=O) groups excluding carboxylic acids is 1. The summed E-state index contributed by atoms with van der Waals surface area (Å²) >= 11 is 0. The Kier molecular flexibility index (Phi) is 9.94. The molecule has 2 aliphatic heterocycles. The molecule has 0 spiro atoms. The second kappa shape index (κ2) is 10.5. The molecule has 0 aromatic carbocycles. The van der Waals surface area contributed by atoms with E-state index < -0.39 is 80.8 Å². The van der Waals surface area contributed by atoms with Gasteiger partial charge in [-0.25, -0.2) is 0 Å². The fraction of sp³-hybridized carbons (Fsp3) is 0.923. The van der Waals surface area contributed by atoms with Gasteiger partial charge in [-0.15, -0.1) is 0 Å². The average Bonchev–Trinajstić information content (AvgIpc) is 2.86. The van der Waals surface area contributed by atoms with Crippen LogP contribution in [0.3, 0.4) is 0 Å². The molecule has 0 aromatic heterocycles. The van der Waals surface area contributed by atoms with Crippen LogP contribution < -0.4 is 56.5 Å². The van der Waals surface area contributed by atoms with Crippen molar-refractivity contribution in [3.05, 3.63) is 0 Å². The molecule has 0 radical (unpaired) electrons. The van der Waals surface area contributed by atoms with Crippen LogP contribution in [-0.2, 0) is 18.9 Å². The van der Waals surface area contributed by atoms with Crippen molar-refractivity contribution in [2.75, 3.05) is 19.8 Å². The van der Waals surface area contributed by atoms with Crippen molar-refractivity contribution in [2.24, 2.45) is 0 Å². The molecule has 27 heavy (non-hydrogen) atoms. The molecule has 0 unspecified atom stereocenters. The van der Waals surface area contributed by atoms with Gasteiger partial charge in [0.25, 0.3) is 6.16 Å². The van der Waals surface area contributed by atoms with E-state index in [1.165, 1.54) is 0 Å². The van der Waals surface area contributed by atoms with Crippen molar-refractivity contribution in [1.82, 2.24) is 0 Å². The number of ether oxygens (including phenoxy) is 4. The monoisotopic (exact) mass is 424 g/mol. The van der Waals surface area contributed by atoms with Gasteiger partial charge in [0.2, 0.25) is 5.79 Å². The molecule has 2 fully saturated rings. The summed E-state index contributed by atoms with van der Waals surface area (Å²) in [5.74, 6) is -2.32. The molecule has 0 aromatic rings. The Labute approximate surface area is 195 Å². The second-order valence-corrected chi connectivity index (χ2v) is 5.94. The Balaban J connectivity index is 0.00000364. The maximum absolute atomic E-state index is 10.3. The molecule has 14 heteroatoms. The maximum atomic E-state index is 10.3. The first-order chi connectivity index (χ1) is 12.2. The zero-order valence-corrected chi connectivity index (χ0v) is 17.4. The van der Waals surface area contributed by atoms with Crippen molar-refractivity contribution in [2.45, 2.75) is 54.8 Å². The van der Waals surface area contributed by atoms with Gasteiger partial charge in [0, 0.05) is 0 Å². The Morgan fingerprint density at radius 1 is 1.00 bits per heavy atom. The molecule has 2 heterocycles. The predicted octanol–water partition coefficient (Wildman–Crippen LogP) is -9.02. The van der Waals surface area contributed by atoms with E-state index in [-0.39, 0.29) is 51.4 Å². The molecule has 2 aliphatic rings. The quantitative estimate of drug-likeness (QED) is 0.156. The first kappa shape index (κ1) is 25.5. The smallest absolute Gasteiger partial charge is 0.547 e. The standard InChI is InChI=1S/C13H22O13.K/c14-1-4-7(17)10(20)13(3-15,25-4)26-11-9(19)8(18)6(16)5(24-11)2-23-12(21)22;/h4-11,14-20H,1-3H2,(H,21,22);/q;+1/p-1/t4-,5-,6-,7-,8+,9-,10+,11-,13+;/m1./s1. The summed E-state index contributed by atoms with van der Waals surface area (Å²) in [5.41, 5.74) is 0. The number of carbonyl (C=O) groups is 1. The van der Waals surface area contributed by atoms with Gasteiger partial charge in [0.1, 0.15) is 49.3 Å². The van der Waals surface area contributed by atoms with Crippen molar-refractivity contribution >= 4 is 6.16 Å².